The Morgan fingerprint density at radius 1 is 1.21 bits per heavy atom. The summed E-state index contributed by atoms with van der Waals surface area (Å²) < 4.78 is 13.9. The fourth-order valence-corrected chi connectivity index (χ4v) is 3.07. The molecule has 1 aromatic carbocycles. The highest BCUT2D eigenvalue weighted by molar-refractivity contribution is 8.02. The molecular formula is C23H26FN3S. The van der Waals surface area contributed by atoms with Gasteiger partial charge in [0, 0.05) is 24.0 Å². The maximum Gasteiger partial charge on any atom is 0.126 e. The molecular weight excluding hydrogens is 369 g/mol. The number of pyridine rings is 1. The number of nitrogens with one attached hydrogen (secondary N) is 2. The minimum Gasteiger partial charge on any atom is -0.384 e. The molecule has 1 heterocycles. The molecule has 28 heavy (non-hydrogen) atoms. The lowest BCUT2D eigenvalue weighted by Gasteiger charge is -2.15. The first-order valence-corrected chi connectivity index (χ1v) is 10.4. The fourth-order valence-electron chi connectivity index (χ4n) is 2.67. The lowest BCUT2D eigenvalue weighted by atomic mass is 10.1. The van der Waals surface area contributed by atoms with Crippen molar-refractivity contribution in [2.45, 2.75) is 20.3 Å². The Morgan fingerprint density at radius 2 is 1.96 bits per heavy atom. The van der Waals surface area contributed by atoms with Gasteiger partial charge in [0.2, 0.25) is 0 Å². The molecule has 0 spiro atoms. The van der Waals surface area contributed by atoms with Crippen LogP contribution in [0.5, 0.6) is 0 Å². The third kappa shape index (κ3) is 6.20. The van der Waals surface area contributed by atoms with E-state index >= 15 is 0 Å². The molecule has 0 atom stereocenters. The molecule has 0 bridgehead atoms. The highest BCUT2D eigenvalue weighted by Crippen LogP contribution is 2.23. The van der Waals surface area contributed by atoms with Gasteiger partial charge in [-0.05, 0) is 61.3 Å². The normalized spacial score (nSPS) is 12.8. The summed E-state index contributed by atoms with van der Waals surface area (Å²) in [4.78, 5) is 5.39. The van der Waals surface area contributed by atoms with Gasteiger partial charge in [-0.3, -0.25) is 10.4 Å². The number of hydrogen-bond acceptors (Lipinski definition) is 4. The summed E-state index contributed by atoms with van der Waals surface area (Å²) in [5.74, 6) is -0.194. The number of thioether (sulfide) groups is 1. The first-order chi connectivity index (χ1) is 13.6. The molecule has 2 N–H and O–H groups in total. The van der Waals surface area contributed by atoms with Gasteiger partial charge in [0.05, 0.1) is 11.4 Å². The van der Waals surface area contributed by atoms with E-state index in [0.29, 0.717) is 29.9 Å². The Kier molecular flexibility index (Phi) is 8.69. The van der Waals surface area contributed by atoms with Gasteiger partial charge in [-0.1, -0.05) is 36.4 Å². The Labute approximate surface area is 171 Å². The summed E-state index contributed by atoms with van der Waals surface area (Å²) in [6.45, 7) is 4.58. The van der Waals surface area contributed by atoms with Crippen LogP contribution in [0.4, 0.5) is 4.39 Å². The zero-order valence-electron chi connectivity index (χ0n) is 16.5. The molecule has 146 valence electrons. The Balaban J connectivity index is 2.29. The van der Waals surface area contributed by atoms with Gasteiger partial charge in [-0.2, -0.15) is 0 Å². The molecule has 0 saturated carbocycles. The average Bonchev–Trinajstić information content (AvgIpc) is 2.72. The molecule has 0 aliphatic heterocycles. The second-order valence-electron chi connectivity index (χ2n) is 6.13. The summed E-state index contributed by atoms with van der Waals surface area (Å²) in [5, 5.41) is 11.8. The van der Waals surface area contributed by atoms with Crippen LogP contribution in [0.15, 0.2) is 83.1 Å². The van der Waals surface area contributed by atoms with Crippen molar-refractivity contribution in [3.63, 3.8) is 0 Å². The molecule has 0 aliphatic carbocycles. The highest BCUT2D eigenvalue weighted by Gasteiger charge is 2.10. The smallest absolute Gasteiger partial charge is 0.126 e. The number of allylic oxidation sites excluding steroid dienone is 4. The van der Waals surface area contributed by atoms with Crippen molar-refractivity contribution in [3.8, 4) is 0 Å². The summed E-state index contributed by atoms with van der Waals surface area (Å²) in [6.07, 6.45) is 10.1. The number of aromatic nitrogens is 1. The molecule has 0 fully saturated rings. The zero-order chi connectivity index (χ0) is 20.4. The molecule has 3 nitrogen and oxygen atoms in total. The highest BCUT2D eigenvalue weighted by atomic mass is 32.2. The van der Waals surface area contributed by atoms with Crippen molar-refractivity contribution in [1.29, 1.82) is 5.41 Å². The van der Waals surface area contributed by atoms with Gasteiger partial charge in [-0.15, -0.1) is 11.8 Å². The van der Waals surface area contributed by atoms with Crippen LogP contribution in [0.3, 0.4) is 0 Å². The summed E-state index contributed by atoms with van der Waals surface area (Å²) in [6, 6.07) is 12.3. The first-order valence-electron chi connectivity index (χ1n) is 9.13. The monoisotopic (exact) mass is 395 g/mol. The summed E-state index contributed by atoms with van der Waals surface area (Å²) >= 11 is 1.66. The second kappa shape index (κ2) is 11.2. The summed E-state index contributed by atoms with van der Waals surface area (Å²) in [7, 11) is 0. The topological polar surface area (TPSA) is 48.8 Å². The van der Waals surface area contributed by atoms with E-state index in [9.17, 15) is 4.39 Å². The van der Waals surface area contributed by atoms with E-state index in [1.54, 1.807) is 36.2 Å². The third-order valence-corrected chi connectivity index (χ3v) is 5.04. The molecule has 0 radical (unpaired) electrons. The molecule has 0 unspecified atom stereocenters. The van der Waals surface area contributed by atoms with E-state index in [1.807, 2.05) is 49.6 Å². The van der Waals surface area contributed by atoms with E-state index in [4.69, 9.17) is 5.41 Å². The molecule has 0 aliphatic rings. The average molecular weight is 396 g/mol. The van der Waals surface area contributed by atoms with Crippen LogP contribution < -0.4 is 5.32 Å². The van der Waals surface area contributed by atoms with E-state index in [2.05, 4.69) is 17.2 Å². The lowest BCUT2D eigenvalue weighted by Crippen LogP contribution is -2.20. The van der Waals surface area contributed by atoms with Gasteiger partial charge in [-0.25, -0.2) is 4.39 Å². The second-order valence-corrected chi connectivity index (χ2v) is 7.15. The quantitative estimate of drug-likeness (QED) is 0.434. The van der Waals surface area contributed by atoms with Crippen LogP contribution >= 0.6 is 11.8 Å². The molecule has 0 amide bonds. The number of benzene rings is 1. The van der Waals surface area contributed by atoms with Crippen molar-refractivity contribution in [1.82, 2.24) is 10.3 Å². The maximum absolute atomic E-state index is 13.9. The summed E-state index contributed by atoms with van der Waals surface area (Å²) in [5.41, 5.74) is 3.45. The van der Waals surface area contributed by atoms with Gasteiger partial charge in [0.1, 0.15) is 5.82 Å². The molecule has 5 heteroatoms. The standard InChI is InChI=1S/C23H26FN3S/c1-4-9-19(17(2)28-3)23(16-21(25)22-12-7-8-14-26-22)27-15-13-18-10-5-6-11-20(18)24/h4-12,14,16,25,27H,13,15H2,1-3H3/b9-4+,19-17+,23-16-,25-21?. The van der Waals surface area contributed by atoms with Gasteiger partial charge in [0.25, 0.3) is 0 Å². The molecule has 0 saturated heterocycles. The van der Waals surface area contributed by atoms with Crippen LogP contribution in [0, 0.1) is 11.2 Å². The number of hydrogen-bond donors (Lipinski definition) is 2. The van der Waals surface area contributed by atoms with Crippen molar-refractivity contribution in [2.75, 3.05) is 12.8 Å². The van der Waals surface area contributed by atoms with E-state index < -0.39 is 0 Å². The van der Waals surface area contributed by atoms with Crippen molar-refractivity contribution < 1.29 is 4.39 Å². The first kappa shape index (κ1) is 21.6. The molecule has 2 rings (SSSR count). The van der Waals surface area contributed by atoms with Crippen molar-refractivity contribution in [2.24, 2.45) is 0 Å². The van der Waals surface area contributed by atoms with Crippen LogP contribution in [-0.4, -0.2) is 23.5 Å². The van der Waals surface area contributed by atoms with E-state index in [-0.39, 0.29) is 5.82 Å². The molecule has 1 aromatic heterocycles. The number of halogens is 1. The lowest BCUT2D eigenvalue weighted by molar-refractivity contribution is 0.605. The number of rotatable bonds is 9. The van der Waals surface area contributed by atoms with Gasteiger partial charge in [0.15, 0.2) is 0 Å². The van der Waals surface area contributed by atoms with Crippen LogP contribution in [-0.2, 0) is 6.42 Å². The Morgan fingerprint density at radius 3 is 2.61 bits per heavy atom. The SMILES string of the molecule is C/C=C/C(C(=C/C(=N)c1ccccn1)/NCCc1ccccc1F)=C(/C)SC. The largest absolute Gasteiger partial charge is 0.384 e. The van der Waals surface area contributed by atoms with Crippen LogP contribution in [0.2, 0.25) is 0 Å². The third-order valence-electron chi connectivity index (χ3n) is 4.21. The predicted molar refractivity (Wildman–Crippen MR) is 118 cm³/mol. The predicted octanol–water partition coefficient (Wildman–Crippen LogP) is 5.52. The van der Waals surface area contributed by atoms with E-state index in [1.165, 1.54) is 6.07 Å². The minimum atomic E-state index is -0.194. The van der Waals surface area contributed by atoms with Crippen LogP contribution in [0.25, 0.3) is 0 Å². The fraction of sp³-hybridized carbons (Fsp3) is 0.217. The van der Waals surface area contributed by atoms with Crippen molar-refractivity contribution in [3.05, 3.63) is 100 Å². The van der Waals surface area contributed by atoms with E-state index in [0.717, 1.165) is 16.2 Å². The van der Waals surface area contributed by atoms with Crippen molar-refractivity contribution >= 4 is 17.5 Å². The zero-order valence-corrected chi connectivity index (χ0v) is 17.3. The number of nitrogens with zero attached hydrogens (tertiary/aromatic N) is 1. The minimum absolute atomic E-state index is 0.194. The van der Waals surface area contributed by atoms with Crippen LogP contribution in [0.1, 0.15) is 25.1 Å². The molecule has 2 aromatic rings. The Bertz CT molecular complexity index is 886. The maximum atomic E-state index is 13.9. The van der Waals surface area contributed by atoms with Gasteiger partial charge < -0.3 is 5.32 Å². The van der Waals surface area contributed by atoms with Gasteiger partial charge >= 0.3 is 0 Å². The Hall–Kier alpha value is -2.66.